The second kappa shape index (κ2) is 9.60. The molecule has 0 fully saturated rings. The molecule has 0 bridgehead atoms. The fraction of sp³-hybridized carbons (Fsp3) is 0.364. The van der Waals surface area contributed by atoms with Crippen LogP contribution in [0.25, 0.3) is 0 Å². The minimum absolute atomic E-state index is 0.0972. The summed E-state index contributed by atoms with van der Waals surface area (Å²) in [4.78, 5) is 14.0. The molecule has 0 saturated heterocycles. The smallest absolute Gasteiger partial charge is 0.240 e. The molecule has 30 heavy (non-hydrogen) atoms. The third-order valence-corrected chi connectivity index (χ3v) is 4.67. The van der Waals surface area contributed by atoms with E-state index < -0.39 is 11.6 Å². The Bertz CT molecular complexity index is 937. The lowest BCUT2D eigenvalue weighted by molar-refractivity contribution is -0.126. The SMILES string of the molecule is CC(c1ccccc1)n1nnc([C@@H](COCc2ccccc2)NC(=O)C(C)(C)N)n1. The number of benzene rings is 2. The fourth-order valence-corrected chi connectivity index (χ4v) is 2.80. The molecule has 8 nitrogen and oxygen atoms in total. The van der Waals surface area contributed by atoms with Crippen LogP contribution in [0.5, 0.6) is 0 Å². The molecule has 3 N–H and O–H groups in total. The van der Waals surface area contributed by atoms with E-state index in [-0.39, 0.29) is 18.6 Å². The van der Waals surface area contributed by atoms with Crippen LogP contribution >= 0.6 is 0 Å². The molecule has 2 aromatic carbocycles. The summed E-state index contributed by atoms with van der Waals surface area (Å²) in [5.41, 5.74) is 7.00. The Kier molecular flexibility index (Phi) is 6.91. The first kappa shape index (κ1) is 21.6. The molecule has 0 aliphatic heterocycles. The second-order valence-corrected chi connectivity index (χ2v) is 7.80. The summed E-state index contributed by atoms with van der Waals surface area (Å²) in [5.74, 6) is 0.0618. The van der Waals surface area contributed by atoms with Crippen molar-refractivity contribution in [2.45, 2.75) is 45.0 Å². The van der Waals surface area contributed by atoms with E-state index in [0.29, 0.717) is 12.4 Å². The Morgan fingerprint density at radius 2 is 1.77 bits per heavy atom. The lowest BCUT2D eigenvalue weighted by Gasteiger charge is -2.22. The largest absolute Gasteiger partial charge is 0.374 e. The Morgan fingerprint density at radius 1 is 1.13 bits per heavy atom. The molecule has 3 aromatic rings. The highest BCUT2D eigenvalue weighted by Gasteiger charge is 2.28. The van der Waals surface area contributed by atoms with Crippen LogP contribution in [-0.2, 0) is 16.1 Å². The van der Waals surface area contributed by atoms with Gasteiger partial charge in [0, 0.05) is 0 Å². The molecule has 0 saturated carbocycles. The highest BCUT2D eigenvalue weighted by molar-refractivity contribution is 5.85. The van der Waals surface area contributed by atoms with E-state index in [2.05, 4.69) is 20.7 Å². The maximum absolute atomic E-state index is 12.5. The number of hydrogen-bond acceptors (Lipinski definition) is 6. The third kappa shape index (κ3) is 5.71. The Morgan fingerprint density at radius 3 is 2.40 bits per heavy atom. The van der Waals surface area contributed by atoms with Gasteiger partial charge in [-0.3, -0.25) is 4.79 Å². The molecule has 1 aromatic heterocycles. The number of nitrogens with two attached hydrogens (primary N) is 1. The number of carbonyl (C=O) groups excluding carboxylic acids is 1. The van der Waals surface area contributed by atoms with Crippen LogP contribution in [0.1, 0.15) is 49.8 Å². The van der Waals surface area contributed by atoms with Crippen LogP contribution in [-0.4, -0.2) is 38.3 Å². The molecular formula is C22H28N6O2. The van der Waals surface area contributed by atoms with Gasteiger partial charge in [-0.15, -0.1) is 10.2 Å². The van der Waals surface area contributed by atoms with Crippen LogP contribution < -0.4 is 11.1 Å². The molecule has 1 amide bonds. The molecule has 1 heterocycles. The third-order valence-electron chi connectivity index (χ3n) is 4.67. The van der Waals surface area contributed by atoms with Crippen LogP contribution in [0.15, 0.2) is 60.7 Å². The van der Waals surface area contributed by atoms with Gasteiger partial charge in [-0.1, -0.05) is 60.7 Å². The molecule has 0 aliphatic carbocycles. The Balaban J connectivity index is 1.74. The molecule has 1 unspecified atom stereocenters. The molecule has 8 heteroatoms. The van der Waals surface area contributed by atoms with Gasteiger partial charge in [-0.2, -0.15) is 4.80 Å². The van der Waals surface area contributed by atoms with Gasteiger partial charge < -0.3 is 15.8 Å². The van der Waals surface area contributed by atoms with Crippen LogP contribution in [0.4, 0.5) is 0 Å². The molecule has 2 atom stereocenters. The van der Waals surface area contributed by atoms with Crippen molar-refractivity contribution in [1.82, 2.24) is 25.5 Å². The molecule has 3 rings (SSSR count). The number of tetrazole rings is 1. The van der Waals surface area contributed by atoms with Gasteiger partial charge in [-0.05, 0) is 37.1 Å². The van der Waals surface area contributed by atoms with Crippen molar-refractivity contribution in [3.63, 3.8) is 0 Å². The standard InChI is InChI=1S/C22H28N6O2/c1-16(18-12-8-5-9-13-18)28-26-20(25-27-28)19(24-21(29)22(2,3)23)15-30-14-17-10-6-4-7-11-17/h4-13,16,19H,14-15,23H2,1-3H3,(H,24,29)/t16?,19-/m1/s1. The zero-order chi connectivity index (χ0) is 21.6. The molecule has 158 valence electrons. The summed E-state index contributed by atoms with van der Waals surface area (Å²) in [6, 6.07) is 19.0. The van der Waals surface area contributed by atoms with Gasteiger partial charge in [0.2, 0.25) is 5.91 Å². The zero-order valence-electron chi connectivity index (χ0n) is 17.5. The van der Waals surface area contributed by atoms with Gasteiger partial charge in [-0.25, -0.2) is 0 Å². The van der Waals surface area contributed by atoms with Gasteiger partial charge in [0.1, 0.15) is 6.04 Å². The van der Waals surface area contributed by atoms with E-state index in [1.165, 1.54) is 4.80 Å². The highest BCUT2D eigenvalue weighted by Crippen LogP contribution is 2.17. The predicted molar refractivity (Wildman–Crippen MR) is 113 cm³/mol. The topological polar surface area (TPSA) is 108 Å². The first-order valence-corrected chi connectivity index (χ1v) is 9.90. The molecule has 0 spiro atoms. The number of ether oxygens (including phenoxy) is 1. The summed E-state index contributed by atoms with van der Waals surface area (Å²) in [6.07, 6.45) is 0. The maximum Gasteiger partial charge on any atom is 0.240 e. The lowest BCUT2D eigenvalue weighted by Crippen LogP contribution is -2.50. The number of amides is 1. The Labute approximate surface area is 176 Å². The number of aromatic nitrogens is 4. The average molecular weight is 409 g/mol. The normalized spacial score (nSPS) is 13.6. The van der Waals surface area contributed by atoms with Crippen molar-refractivity contribution in [3.8, 4) is 0 Å². The summed E-state index contributed by atoms with van der Waals surface area (Å²) in [7, 11) is 0. The van der Waals surface area contributed by atoms with Crippen molar-refractivity contribution in [2.75, 3.05) is 6.61 Å². The number of nitrogens with zero attached hydrogens (tertiary/aromatic N) is 4. The van der Waals surface area contributed by atoms with E-state index in [1.54, 1.807) is 13.8 Å². The van der Waals surface area contributed by atoms with Crippen molar-refractivity contribution in [3.05, 3.63) is 77.6 Å². The van der Waals surface area contributed by atoms with Gasteiger partial charge in [0.15, 0.2) is 5.82 Å². The zero-order valence-corrected chi connectivity index (χ0v) is 17.5. The first-order valence-electron chi connectivity index (χ1n) is 9.90. The van der Waals surface area contributed by atoms with E-state index >= 15 is 0 Å². The summed E-state index contributed by atoms with van der Waals surface area (Å²) in [6.45, 7) is 5.89. The van der Waals surface area contributed by atoms with Crippen LogP contribution in [0, 0.1) is 0 Å². The van der Waals surface area contributed by atoms with Crippen molar-refractivity contribution in [1.29, 1.82) is 0 Å². The summed E-state index contributed by atoms with van der Waals surface area (Å²) in [5, 5.41) is 15.7. The van der Waals surface area contributed by atoms with Gasteiger partial charge in [0.25, 0.3) is 0 Å². The van der Waals surface area contributed by atoms with Gasteiger partial charge in [0.05, 0.1) is 24.8 Å². The fourth-order valence-electron chi connectivity index (χ4n) is 2.80. The summed E-state index contributed by atoms with van der Waals surface area (Å²) < 4.78 is 5.83. The van der Waals surface area contributed by atoms with Crippen LogP contribution in [0.3, 0.4) is 0 Å². The minimum Gasteiger partial charge on any atom is -0.374 e. The van der Waals surface area contributed by atoms with E-state index in [1.807, 2.05) is 67.6 Å². The predicted octanol–water partition coefficient (Wildman–Crippen LogP) is 2.39. The maximum atomic E-state index is 12.5. The van der Waals surface area contributed by atoms with Crippen molar-refractivity contribution >= 4 is 5.91 Å². The quantitative estimate of drug-likeness (QED) is 0.563. The van der Waals surface area contributed by atoms with Gasteiger partial charge >= 0.3 is 0 Å². The van der Waals surface area contributed by atoms with Crippen molar-refractivity contribution in [2.24, 2.45) is 5.73 Å². The monoisotopic (exact) mass is 408 g/mol. The lowest BCUT2D eigenvalue weighted by atomic mass is 10.1. The second-order valence-electron chi connectivity index (χ2n) is 7.80. The first-order chi connectivity index (χ1) is 14.3. The van der Waals surface area contributed by atoms with E-state index in [4.69, 9.17) is 10.5 Å². The number of carbonyl (C=O) groups is 1. The highest BCUT2D eigenvalue weighted by atomic mass is 16.5. The molecular weight excluding hydrogens is 380 g/mol. The molecule has 0 aliphatic rings. The van der Waals surface area contributed by atoms with Crippen molar-refractivity contribution < 1.29 is 9.53 Å². The van der Waals surface area contributed by atoms with E-state index in [0.717, 1.165) is 11.1 Å². The molecule has 0 radical (unpaired) electrons. The van der Waals surface area contributed by atoms with Crippen LogP contribution in [0.2, 0.25) is 0 Å². The number of rotatable bonds is 9. The minimum atomic E-state index is -1.04. The number of hydrogen-bond donors (Lipinski definition) is 2. The average Bonchev–Trinajstić information content (AvgIpc) is 3.23. The number of nitrogens with one attached hydrogen (secondary N) is 1. The van der Waals surface area contributed by atoms with E-state index in [9.17, 15) is 4.79 Å². The summed E-state index contributed by atoms with van der Waals surface area (Å²) >= 11 is 0. The Hall–Kier alpha value is -3.10.